The van der Waals surface area contributed by atoms with Gasteiger partial charge in [-0.15, -0.1) is 0 Å². The molecule has 4 rings (SSSR count). The van der Waals surface area contributed by atoms with Crippen molar-refractivity contribution in [1.82, 2.24) is 5.32 Å². The molecule has 1 spiro atoms. The molecule has 2 N–H and O–H groups in total. The van der Waals surface area contributed by atoms with Gasteiger partial charge in [-0.05, 0) is 63.0 Å². The standard InChI is InChI=1S/C22H27N3O2/c26-21-22(12-14-23-15-13-22)24-19-10-4-5-11-20(19)25(21)16-6-7-17-27-18-8-2-1-3-9-18/h1-5,8-11,23-24H,6-7,12-17H2. The quantitative estimate of drug-likeness (QED) is 0.770. The minimum absolute atomic E-state index is 0.215. The Bertz CT molecular complexity index is 772. The molecule has 142 valence electrons. The third-order valence-electron chi connectivity index (χ3n) is 5.47. The van der Waals surface area contributed by atoms with Crippen molar-refractivity contribution in [2.75, 3.05) is 36.5 Å². The summed E-state index contributed by atoms with van der Waals surface area (Å²) in [5.41, 5.74) is 1.61. The van der Waals surface area contributed by atoms with E-state index < -0.39 is 5.54 Å². The van der Waals surface area contributed by atoms with Crippen LogP contribution in [0.15, 0.2) is 54.6 Å². The first-order valence-electron chi connectivity index (χ1n) is 9.86. The van der Waals surface area contributed by atoms with Gasteiger partial charge >= 0.3 is 0 Å². The van der Waals surface area contributed by atoms with Crippen LogP contribution in [0.1, 0.15) is 25.7 Å². The molecular formula is C22H27N3O2. The first-order chi connectivity index (χ1) is 13.3. The Balaban J connectivity index is 1.40. The van der Waals surface area contributed by atoms with Crippen LogP contribution >= 0.6 is 0 Å². The highest BCUT2D eigenvalue weighted by Gasteiger charge is 2.46. The molecule has 2 aromatic carbocycles. The number of nitrogens with one attached hydrogen (secondary N) is 2. The number of carbonyl (C=O) groups is 1. The number of nitrogens with zero attached hydrogens (tertiary/aromatic N) is 1. The molecule has 0 aromatic heterocycles. The molecule has 2 aliphatic heterocycles. The van der Waals surface area contributed by atoms with Gasteiger partial charge in [-0.1, -0.05) is 30.3 Å². The van der Waals surface area contributed by atoms with Crippen LogP contribution in [0.3, 0.4) is 0 Å². The normalized spacial score (nSPS) is 18.1. The lowest BCUT2D eigenvalue weighted by Gasteiger charge is -2.46. The van der Waals surface area contributed by atoms with Crippen molar-refractivity contribution in [2.45, 2.75) is 31.2 Å². The van der Waals surface area contributed by atoms with Crippen molar-refractivity contribution in [3.05, 3.63) is 54.6 Å². The fourth-order valence-corrected chi connectivity index (χ4v) is 3.99. The van der Waals surface area contributed by atoms with Gasteiger partial charge in [0.1, 0.15) is 11.3 Å². The van der Waals surface area contributed by atoms with Crippen molar-refractivity contribution in [3.63, 3.8) is 0 Å². The summed E-state index contributed by atoms with van der Waals surface area (Å²) in [6, 6.07) is 18.0. The number of benzene rings is 2. The molecular weight excluding hydrogens is 338 g/mol. The van der Waals surface area contributed by atoms with E-state index in [-0.39, 0.29) is 5.91 Å². The highest BCUT2D eigenvalue weighted by molar-refractivity contribution is 6.08. The third kappa shape index (κ3) is 3.78. The summed E-state index contributed by atoms with van der Waals surface area (Å²) < 4.78 is 5.78. The van der Waals surface area contributed by atoms with Gasteiger partial charge in [0.25, 0.3) is 5.91 Å². The van der Waals surface area contributed by atoms with Crippen molar-refractivity contribution >= 4 is 17.3 Å². The molecule has 5 nitrogen and oxygen atoms in total. The summed E-state index contributed by atoms with van der Waals surface area (Å²) in [7, 11) is 0. The van der Waals surface area contributed by atoms with Gasteiger partial charge in [0.15, 0.2) is 0 Å². The number of carbonyl (C=O) groups excluding carboxylic acids is 1. The summed E-state index contributed by atoms with van der Waals surface area (Å²) in [5.74, 6) is 1.11. The zero-order valence-electron chi connectivity index (χ0n) is 15.6. The van der Waals surface area contributed by atoms with Crippen LogP contribution in [0.5, 0.6) is 5.75 Å². The molecule has 0 saturated carbocycles. The first kappa shape index (κ1) is 17.9. The monoisotopic (exact) mass is 365 g/mol. The second kappa shape index (κ2) is 8.01. The highest BCUT2D eigenvalue weighted by atomic mass is 16.5. The number of anilines is 2. The maximum Gasteiger partial charge on any atom is 0.252 e. The summed E-state index contributed by atoms with van der Waals surface area (Å²) >= 11 is 0. The molecule has 2 aliphatic rings. The average Bonchev–Trinajstić information content (AvgIpc) is 2.72. The van der Waals surface area contributed by atoms with E-state index in [2.05, 4.69) is 16.7 Å². The number of hydrogen-bond donors (Lipinski definition) is 2. The molecule has 1 amide bonds. The zero-order valence-corrected chi connectivity index (χ0v) is 15.6. The Morgan fingerprint density at radius 3 is 2.52 bits per heavy atom. The fourth-order valence-electron chi connectivity index (χ4n) is 3.99. The smallest absolute Gasteiger partial charge is 0.252 e. The lowest BCUT2D eigenvalue weighted by molar-refractivity contribution is -0.124. The molecule has 5 heteroatoms. The first-order valence-corrected chi connectivity index (χ1v) is 9.86. The molecule has 0 radical (unpaired) electrons. The van der Waals surface area contributed by atoms with Gasteiger partial charge in [0.2, 0.25) is 0 Å². The van der Waals surface area contributed by atoms with Gasteiger partial charge in [0.05, 0.1) is 18.0 Å². The molecule has 1 fully saturated rings. The fraction of sp³-hybridized carbons (Fsp3) is 0.409. The minimum Gasteiger partial charge on any atom is -0.494 e. The lowest BCUT2D eigenvalue weighted by Crippen LogP contribution is -2.61. The molecule has 0 bridgehead atoms. The number of piperidine rings is 1. The number of hydrogen-bond acceptors (Lipinski definition) is 4. The van der Waals surface area contributed by atoms with Crippen molar-refractivity contribution in [2.24, 2.45) is 0 Å². The summed E-state index contributed by atoms with van der Waals surface area (Å²) in [5, 5.41) is 6.92. The number of amides is 1. The van der Waals surface area contributed by atoms with Gasteiger partial charge in [-0.2, -0.15) is 0 Å². The minimum atomic E-state index is -0.458. The van der Waals surface area contributed by atoms with Gasteiger partial charge < -0.3 is 20.3 Å². The van der Waals surface area contributed by atoms with Crippen LogP contribution < -0.4 is 20.3 Å². The Morgan fingerprint density at radius 2 is 1.70 bits per heavy atom. The van der Waals surface area contributed by atoms with Crippen molar-refractivity contribution < 1.29 is 9.53 Å². The molecule has 0 unspecified atom stereocenters. The van der Waals surface area contributed by atoms with E-state index in [9.17, 15) is 4.79 Å². The maximum absolute atomic E-state index is 13.4. The number of ether oxygens (including phenoxy) is 1. The van der Waals surface area contributed by atoms with Crippen LogP contribution in [0.25, 0.3) is 0 Å². The Labute approximate surface area is 160 Å². The SMILES string of the molecule is O=C1N(CCCCOc2ccccc2)c2ccccc2NC12CCNCC2. The number of rotatable bonds is 6. The summed E-state index contributed by atoms with van der Waals surface area (Å²) in [6.45, 7) is 3.14. The van der Waals surface area contributed by atoms with Crippen molar-refractivity contribution in [1.29, 1.82) is 0 Å². The highest BCUT2D eigenvalue weighted by Crippen LogP contribution is 2.39. The molecule has 2 aromatic rings. The second-order valence-electron chi connectivity index (χ2n) is 7.30. The lowest BCUT2D eigenvalue weighted by atomic mass is 9.84. The predicted octanol–water partition coefficient (Wildman–Crippen LogP) is 3.43. The van der Waals surface area contributed by atoms with Crippen LogP contribution in [0.2, 0.25) is 0 Å². The number of fused-ring (bicyclic) bond motifs is 1. The second-order valence-corrected chi connectivity index (χ2v) is 7.30. The maximum atomic E-state index is 13.4. The van der Waals surface area contributed by atoms with Crippen molar-refractivity contribution in [3.8, 4) is 5.75 Å². The van der Waals surface area contributed by atoms with E-state index in [1.54, 1.807) is 0 Å². The number of unbranched alkanes of at least 4 members (excludes halogenated alkanes) is 1. The van der Waals surface area contributed by atoms with Gasteiger partial charge in [-0.25, -0.2) is 0 Å². The Kier molecular flexibility index (Phi) is 5.30. The van der Waals surface area contributed by atoms with Crippen LogP contribution in [-0.4, -0.2) is 37.7 Å². The topological polar surface area (TPSA) is 53.6 Å². The van der Waals surface area contributed by atoms with Crippen LogP contribution in [0, 0.1) is 0 Å². The van der Waals surface area contributed by atoms with Crippen LogP contribution in [0.4, 0.5) is 11.4 Å². The summed E-state index contributed by atoms with van der Waals surface area (Å²) in [6.07, 6.45) is 3.49. The van der Waals surface area contributed by atoms with E-state index >= 15 is 0 Å². The largest absolute Gasteiger partial charge is 0.494 e. The van der Waals surface area contributed by atoms with E-state index in [1.165, 1.54) is 0 Å². The van der Waals surface area contributed by atoms with Crippen LogP contribution in [-0.2, 0) is 4.79 Å². The van der Waals surface area contributed by atoms with E-state index in [4.69, 9.17) is 4.74 Å². The van der Waals surface area contributed by atoms with E-state index in [0.717, 1.165) is 62.4 Å². The molecule has 1 saturated heterocycles. The molecule has 2 heterocycles. The van der Waals surface area contributed by atoms with E-state index in [0.29, 0.717) is 6.61 Å². The molecule has 27 heavy (non-hydrogen) atoms. The zero-order chi connectivity index (χ0) is 18.5. The third-order valence-corrected chi connectivity index (χ3v) is 5.47. The average molecular weight is 365 g/mol. The predicted molar refractivity (Wildman–Crippen MR) is 108 cm³/mol. The molecule has 0 atom stereocenters. The Hall–Kier alpha value is -2.53. The Morgan fingerprint density at radius 1 is 0.963 bits per heavy atom. The van der Waals surface area contributed by atoms with Gasteiger partial charge in [-0.3, -0.25) is 4.79 Å². The molecule has 0 aliphatic carbocycles. The summed E-state index contributed by atoms with van der Waals surface area (Å²) in [4.78, 5) is 15.3. The van der Waals surface area contributed by atoms with Gasteiger partial charge in [0, 0.05) is 6.54 Å². The van der Waals surface area contributed by atoms with E-state index in [1.807, 2.05) is 53.4 Å². The number of para-hydroxylation sites is 3.